The van der Waals surface area contributed by atoms with Crippen LogP contribution in [0.3, 0.4) is 0 Å². The van der Waals surface area contributed by atoms with Crippen molar-refractivity contribution in [3.05, 3.63) is 35.7 Å². The molecule has 0 bridgehead atoms. The van der Waals surface area contributed by atoms with Crippen LogP contribution in [0.25, 0.3) is 0 Å². The van der Waals surface area contributed by atoms with Gasteiger partial charge in [-0.05, 0) is 25.0 Å². The highest BCUT2D eigenvalue weighted by Crippen LogP contribution is 2.33. The molecule has 2 heterocycles. The van der Waals surface area contributed by atoms with Crippen molar-refractivity contribution in [2.24, 2.45) is 0 Å². The molecule has 128 valence electrons. The topological polar surface area (TPSA) is 77.0 Å². The first-order valence-electron chi connectivity index (χ1n) is 7.12. The number of alkyl halides is 3. The quantitative estimate of drug-likeness (QED) is 0.672. The lowest BCUT2D eigenvalue weighted by Gasteiger charge is -2.21. The second kappa shape index (κ2) is 6.00. The van der Waals surface area contributed by atoms with Crippen molar-refractivity contribution in [1.82, 2.24) is 14.9 Å². The Morgan fingerprint density at radius 3 is 2.71 bits per heavy atom. The van der Waals surface area contributed by atoms with Gasteiger partial charge in [-0.3, -0.25) is 4.79 Å². The van der Waals surface area contributed by atoms with Gasteiger partial charge in [-0.1, -0.05) is 30.0 Å². The number of nitrogen functional groups attached to an aromatic ring is 1. The normalized spacial score (nSPS) is 15.4. The fourth-order valence-electron chi connectivity index (χ4n) is 2.55. The molecule has 0 saturated carbocycles. The van der Waals surface area contributed by atoms with E-state index in [1.165, 1.54) is 0 Å². The van der Waals surface area contributed by atoms with Crippen LogP contribution in [0.15, 0.2) is 29.4 Å². The Morgan fingerprint density at radius 1 is 1.33 bits per heavy atom. The molecule has 0 unspecified atom stereocenters. The van der Waals surface area contributed by atoms with Gasteiger partial charge in [0.05, 0.1) is 5.25 Å². The largest absolute Gasteiger partial charge is 0.453 e. The van der Waals surface area contributed by atoms with Gasteiger partial charge in [-0.15, -0.1) is 10.2 Å². The number of thioether (sulfide) groups is 1. The number of amides is 1. The van der Waals surface area contributed by atoms with Crippen LogP contribution >= 0.6 is 11.8 Å². The molecule has 2 aromatic rings. The Bertz CT molecular complexity index is 776. The number of nitrogens with two attached hydrogens (primary N) is 1. The van der Waals surface area contributed by atoms with Crippen LogP contribution in [0.5, 0.6) is 0 Å². The van der Waals surface area contributed by atoms with Crippen molar-refractivity contribution in [2.75, 3.05) is 17.3 Å². The molecule has 2 N–H and O–H groups in total. The molecule has 1 aliphatic rings. The third-order valence-electron chi connectivity index (χ3n) is 3.70. The highest BCUT2D eigenvalue weighted by atomic mass is 32.2. The van der Waals surface area contributed by atoms with Crippen molar-refractivity contribution in [1.29, 1.82) is 0 Å². The molecule has 6 nitrogen and oxygen atoms in total. The molecule has 1 amide bonds. The van der Waals surface area contributed by atoms with E-state index in [0.29, 0.717) is 11.2 Å². The maximum Gasteiger partial charge on any atom is 0.453 e. The van der Waals surface area contributed by atoms with E-state index < -0.39 is 17.3 Å². The summed E-state index contributed by atoms with van der Waals surface area (Å²) in [6, 6.07) is 7.55. The minimum atomic E-state index is -4.69. The van der Waals surface area contributed by atoms with Crippen LogP contribution in [-0.2, 0) is 17.4 Å². The number of fused-ring (bicyclic) bond motifs is 1. The molecule has 0 spiro atoms. The zero-order valence-electron chi connectivity index (χ0n) is 12.6. The minimum Gasteiger partial charge on any atom is -0.335 e. The van der Waals surface area contributed by atoms with E-state index in [2.05, 4.69) is 10.2 Å². The van der Waals surface area contributed by atoms with Crippen molar-refractivity contribution in [2.45, 2.75) is 29.9 Å². The Morgan fingerprint density at radius 2 is 2.04 bits per heavy atom. The number of hydrogen-bond acceptors (Lipinski definition) is 5. The maximum absolute atomic E-state index is 12.7. The van der Waals surface area contributed by atoms with Crippen molar-refractivity contribution in [3.8, 4) is 0 Å². The van der Waals surface area contributed by atoms with Gasteiger partial charge in [0.1, 0.15) is 0 Å². The lowest BCUT2D eigenvalue weighted by atomic mass is 10.2. The van der Waals surface area contributed by atoms with Gasteiger partial charge in [-0.2, -0.15) is 13.2 Å². The van der Waals surface area contributed by atoms with Crippen LogP contribution in [0, 0.1) is 0 Å². The molecule has 0 saturated heterocycles. The van der Waals surface area contributed by atoms with Crippen LogP contribution in [0.2, 0.25) is 0 Å². The zero-order chi connectivity index (χ0) is 17.5. The number of rotatable bonds is 3. The van der Waals surface area contributed by atoms with Gasteiger partial charge in [0, 0.05) is 12.2 Å². The second-order valence-corrected chi connectivity index (χ2v) is 6.61. The summed E-state index contributed by atoms with van der Waals surface area (Å²) in [5.41, 5.74) is 1.91. The molecule has 1 aromatic heterocycles. The molecule has 0 fully saturated rings. The van der Waals surface area contributed by atoms with Gasteiger partial charge < -0.3 is 10.7 Å². The maximum atomic E-state index is 12.7. The number of anilines is 1. The summed E-state index contributed by atoms with van der Waals surface area (Å²) in [4.78, 5) is 14.2. The summed E-state index contributed by atoms with van der Waals surface area (Å²) in [6.45, 7) is 2.15. The van der Waals surface area contributed by atoms with E-state index in [1.807, 2.05) is 24.3 Å². The van der Waals surface area contributed by atoms with E-state index in [1.54, 1.807) is 11.8 Å². The van der Waals surface area contributed by atoms with E-state index in [9.17, 15) is 18.0 Å². The van der Waals surface area contributed by atoms with Gasteiger partial charge in [-0.25, -0.2) is 4.68 Å². The minimum absolute atomic E-state index is 0.157. The number of benzene rings is 1. The summed E-state index contributed by atoms with van der Waals surface area (Å²) in [5.74, 6) is 3.89. The monoisotopic (exact) mass is 357 g/mol. The number of aromatic nitrogens is 3. The van der Waals surface area contributed by atoms with Crippen LogP contribution in [0.4, 0.5) is 18.9 Å². The summed E-state index contributed by atoms with van der Waals surface area (Å²) in [7, 11) is 0. The third kappa shape index (κ3) is 2.93. The first-order valence-corrected chi connectivity index (χ1v) is 8.00. The fraction of sp³-hybridized carbons (Fsp3) is 0.357. The van der Waals surface area contributed by atoms with Gasteiger partial charge in [0.25, 0.3) is 5.82 Å². The molecule has 10 heteroatoms. The molecule has 1 aromatic carbocycles. The smallest absolute Gasteiger partial charge is 0.335 e. The summed E-state index contributed by atoms with van der Waals surface area (Å²) >= 11 is 0.850. The third-order valence-corrected chi connectivity index (χ3v) is 4.75. The Hall–Kier alpha value is -2.23. The van der Waals surface area contributed by atoms with Gasteiger partial charge in [0.2, 0.25) is 11.1 Å². The predicted molar refractivity (Wildman–Crippen MR) is 83.0 cm³/mol. The average molecular weight is 357 g/mol. The van der Waals surface area contributed by atoms with E-state index >= 15 is 0 Å². The Balaban J connectivity index is 1.75. The summed E-state index contributed by atoms with van der Waals surface area (Å²) < 4.78 is 38.4. The zero-order valence-corrected chi connectivity index (χ0v) is 13.4. The number of halogens is 3. The molecule has 1 aliphatic heterocycles. The second-order valence-electron chi connectivity index (χ2n) is 5.30. The van der Waals surface area contributed by atoms with Crippen LogP contribution in [-0.4, -0.2) is 32.6 Å². The standard InChI is InChI=1S/C14H14F3N5OS/c1-8(24-13-20-19-12(22(13)18)14(15,16)17)11(23)21-7-6-9-4-2-3-5-10(9)21/h2-5,8H,6-7,18H2,1H3/t8-/m1/s1. The number of carbonyl (C=O) groups excluding carboxylic acids is 1. The number of para-hydroxylation sites is 1. The lowest BCUT2D eigenvalue weighted by molar-refractivity contribution is -0.146. The van der Waals surface area contributed by atoms with Crippen molar-refractivity contribution >= 4 is 23.4 Å². The molecular weight excluding hydrogens is 343 g/mol. The number of hydrogen-bond donors (Lipinski definition) is 1. The fourth-order valence-corrected chi connectivity index (χ4v) is 3.38. The average Bonchev–Trinajstić information content (AvgIpc) is 3.10. The highest BCUT2D eigenvalue weighted by Gasteiger charge is 2.39. The first-order chi connectivity index (χ1) is 11.3. The Labute approximate surface area is 139 Å². The Kier molecular flexibility index (Phi) is 4.16. The van der Waals surface area contributed by atoms with E-state index in [4.69, 9.17) is 5.84 Å². The highest BCUT2D eigenvalue weighted by molar-refractivity contribution is 8.00. The van der Waals surface area contributed by atoms with E-state index in [-0.39, 0.29) is 11.1 Å². The molecule has 0 radical (unpaired) electrons. The SMILES string of the molecule is C[C@@H](Sc1nnc(C(F)(F)F)n1N)C(=O)N1CCc2ccccc21. The molecule has 24 heavy (non-hydrogen) atoms. The number of carbonyl (C=O) groups is 1. The van der Waals surface area contributed by atoms with Crippen LogP contribution in [0.1, 0.15) is 18.3 Å². The molecular formula is C14H14F3N5OS. The van der Waals surface area contributed by atoms with Crippen molar-refractivity contribution in [3.63, 3.8) is 0 Å². The predicted octanol–water partition coefficient (Wildman–Crippen LogP) is 2.08. The summed E-state index contributed by atoms with van der Waals surface area (Å²) in [5, 5.41) is 5.68. The summed E-state index contributed by atoms with van der Waals surface area (Å²) in [6.07, 6.45) is -3.94. The van der Waals surface area contributed by atoms with E-state index in [0.717, 1.165) is 29.4 Å². The van der Waals surface area contributed by atoms with Crippen LogP contribution < -0.4 is 10.7 Å². The molecule has 1 atom stereocenters. The van der Waals surface area contributed by atoms with Crippen molar-refractivity contribution < 1.29 is 18.0 Å². The van der Waals surface area contributed by atoms with Gasteiger partial charge in [0.15, 0.2) is 0 Å². The molecule has 3 rings (SSSR count). The lowest BCUT2D eigenvalue weighted by Crippen LogP contribution is -2.35. The van der Waals surface area contributed by atoms with Gasteiger partial charge >= 0.3 is 6.18 Å². The first kappa shape index (κ1) is 16.6. The molecule has 0 aliphatic carbocycles. The number of nitrogens with zero attached hydrogens (tertiary/aromatic N) is 4.